The van der Waals surface area contributed by atoms with Crippen LogP contribution in [0.5, 0.6) is 0 Å². The number of ether oxygens (including phenoxy) is 1. The van der Waals surface area contributed by atoms with Crippen LogP contribution in [-0.4, -0.2) is 37.6 Å². The fraction of sp³-hybridized carbons (Fsp3) is 0.556. The Hall–Kier alpha value is -1.88. The zero-order valence-corrected chi connectivity index (χ0v) is 14.5. The summed E-state index contributed by atoms with van der Waals surface area (Å²) in [7, 11) is 0. The second kappa shape index (κ2) is 10.0. The molecule has 2 N–H and O–H groups in total. The van der Waals surface area contributed by atoms with Crippen LogP contribution in [0.3, 0.4) is 0 Å². The van der Waals surface area contributed by atoms with Crippen molar-refractivity contribution in [3.05, 3.63) is 35.4 Å². The van der Waals surface area contributed by atoms with Crippen LogP contribution in [0.4, 0.5) is 0 Å². The molecule has 1 aromatic rings. The summed E-state index contributed by atoms with van der Waals surface area (Å²) in [4.78, 5) is 24.6. The molecule has 5 heteroatoms. The van der Waals surface area contributed by atoms with Gasteiger partial charge in [0.15, 0.2) is 0 Å². The molecule has 23 heavy (non-hydrogen) atoms. The fourth-order valence-electron chi connectivity index (χ4n) is 2.10. The van der Waals surface area contributed by atoms with E-state index in [0.717, 1.165) is 12.0 Å². The third-order valence-corrected chi connectivity index (χ3v) is 3.52. The van der Waals surface area contributed by atoms with Crippen molar-refractivity contribution in [2.24, 2.45) is 5.92 Å². The van der Waals surface area contributed by atoms with Crippen LogP contribution in [0.25, 0.3) is 0 Å². The Bertz CT molecular complexity index is 497. The third-order valence-electron chi connectivity index (χ3n) is 3.52. The first kappa shape index (κ1) is 19.2. The van der Waals surface area contributed by atoms with Crippen molar-refractivity contribution >= 4 is 11.8 Å². The molecule has 5 nitrogen and oxygen atoms in total. The first-order chi connectivity index (χ1) is 11.0. The van der Waals surface area contributed by atoms with E-state index < -0.39 is 6.04 Å². The molecule has 1 rings (SSSR count). The number of carbonyl (C=O) groups is 2. The number of hydrogen-bond acceptors (Lipinski definition) is 3. The first-order valence-electron chi connectivity index (χ1n) is 8.18. The molecule has 0 aliphatic carbocycles. The van der Waals surface area contributed by atoms with Crippen LogP contribution in [0.1, 0.15) is 43.1 Å². The maximum atomic E-state index is 12.3. The molecule has 0 aliphatic rings. The van der Waals surface area contributed by atoms with E-state index in [1.165, 1.54) is 0 Å². The lowest BCUT2D eigenvalue weighted by Gasteiger charge is -2.21. The molecule has 128 valence electrons. The van der Waals surface area contributed by atoms with E-state index in [1.54, 1.807) is 12.1 Å². The number of rotatable bonds is 9. The molecule has 0 spiro atoms. The predicted molar refractivity (Wildman–Crippen MR) is 91.4 cm³/mol. The van der Waals surface area contributed by atoms with Crippen LogP contribution in [0.2, 0.25) is 0 Å². The quantitative estimate of drug-likeness (QED) is 0.686. The van der Waals surface area contributed by atoms with Gasteiger partial charge in [0, 0.05) is 25.3 Å². The van der Waals surface area contributed by atoms with Crippen LogP contribution in [0.15, 0.2) is 24.3 Å². The second-order valence-electron chi connectivity index (χ2n) is 5.90. The van der Waals surface area contributed by atoms with Gasteiger partial charge in [-0.3, -0.25) is 9.59 Å². The Morgan fingerprint density at radius 2 is 1.83 bits per heavy atom. The van der Waals surface area contributed by atoms with Crippen molar-refractivity contribution in [2.75, 3.05) is 19.8 Å². The highest BCUT2D eigenvalue weighted by Gasteiger charge is 2.24. The van der Waals surface area contributed by atoms with Crippen LogP contribution in [-0.2, 0) is 9.53 Å². The molecule has 0 aromatic heterocycles. The maximum absolute atomic E-state index is 12.3. The summed E-state index contributed by atoms with van der Waals surface area (Å²) in [5.74, 6) is -0.374. The van der Waals surface area contributed by atoms with Crippen molar-refractivity contribution in [2.45, 2.75) is 40.2 Å². The van der Waals surface area contributed by atoms with Gasteiger partial charge in [-0.25, -0.2) is 0 Å². The SMILES string of the molecule is CCOCCCNC(=O)[C@@H](NC(=O)c1ccc(C)cc1)C(C)C. The molecule has 0 fully saturated rings. The zero-order valence-electron chi connectivity index (χ0n) is 14.5. The zero-order chi connectivity index (χ0) is 17.2. The van der Waals surface area contributed by atoms with Crippen LogP contribution in [0, 0.1) is 12.8 Å². The van der Waals surface area contributed by atoms with Gasteiger partial charge in [0.05, 0.1) is 0 Å². The van der Waals surface area contributed by atoms with Gasteiger partial charge in [0.1, 0.15) is 6.04 Å². The van der Waals surface area contributed by atoms with Crippen LogP contribution >= 0.6 is 0 Å². The molecular weight excluding hydrogens is 292 g/mol. The van der Waals surface area contributed by atoms with Crippen molar-refractivity contribution < 1.29 is 14.3 Å². The molecule has 1 atom stereocenters. The highest BCUT2D eigenvalue weighted by atomic mass is 16.5. The number of carbonyl (C=O) groups excluding carboxylic acids is 2. The minimum atomic E-state index is -0.545. The highest BCUT2D eigenvalue weighted by molar-refractivity contribution is 5.97. The van der Waals surface area contributed by atoms with Gasteiger partial charge in [-0.2, -0.15) is 0 Å². The molecular formula is C18H28N2O3. The van der Waals surface area contributed by atoms with Gasteiger partial charge in [0.25, 0.3) is 5.91 Å². The van der Waals surface area contributed by atoms with Crippen molar-refractivity contribution in [1.29, 1.82) is 0 Å². The topological polar surface area (TPSA) is 67.4 Å². The Balaban J connectivity index is 2.55. The van der Waals surface area contributed by atoms with E-state index >= 15 is 0 Å². The molecule has 0 radical (unpaired) electrons. The standard InChI is InChI=1S/C18H28N2O3/c1-5-23-12-6-11-19-18(22)16(13(2)3)20-17(21)15-9-7-14(4)8-10-15/h7-10,13,16H,5-6,11-12H2,1-4H3,(H,19,22)(H,20,21)/t16-/m0/s1. The number of aryl methyl sites for hydroxylation is 1. The largest absolute Gasteiger partial charge is 0.382 e. The summed E-state index contributed by atoms with van der Waals surface area (Å²) >= 11 is 0. The number of hydrogen-bond donors (Lipinski definition) is 2. The number of amides is 2. The van der Waals surface area contributed by atoms with Crippen LogP contribution < -0.4 is 10.6 Å². The average molecular weight is 320 g/mol. The van der Waals surface area contributed by atoms with Gasteiger partial charge in [-0.1, -0.05) is 31.5 Å². The van der Waals surface area contributed by atoms with E-state index in [9.17, 15) is 9.59 Å². The summed E-state index contributed by atoms with van der Waals surface area (Å²) in [6.45, 7) is 9.58. The van der Waals surface area contributed by atoms with E-state index in [4.69, 9.17) is 4.74 Å². The minimum Gasteiger partial charge on any atom is -0.382 e. The summed E-state index contributed by atoms with van der Waals surface area (Å²) in [6, 6.07) is 6.75. The summed E-state index contributed by atoms with van der Waals surface area (Å²) < 4.78 is 5.23. The molecule has 0 heterocycles. The molecule has 2 amide bonds. The van der Waals surface area contributed by atoms with E-state index in [2.05, 4.69) is 10.6 Å². The second-order valence-corrected chi connectivity index (χ2v) is 5.90. The van der Waals surface area contributed by atoms with E-state index in [-0.39, 0.29) is 17.7 Å². The highest BCUT2D eigenvalue weighted by Crippen LogP contribution is 2.07. The lowest BCUT2D eigenvalue weighted by molar-refractivity contribution is -0.123. The third kappa shape index (κ3) is 6.82. The van der Waals surface area contributed by atoms with Gasteiger partial charge < -0.3 is 15.4 Å². The first-order valence-corrected chi connectivity index (χ1v) is 8.18. The smallest absolute Gasteiger partial charge is 0.251 e. The lowest BCUT2D eigenvalue weighted by atomic mass is 10.0. The van der Waals surface area contributed by atoms with Gasteiger partial charge in [-0.05, 0) is 38.3 Å². The molecule has 0 unspecified atom stereocenters. The average Bonchev–Trinajstić information content (AvgIpc) is 2.52. The van der Waals surface area contributed by atoms with Crippen molar-refractivity contribution in [3.8, 4) is 0 Å². The Morgan fingerprint density at radius 3 is 2.39 bits per heavy atom. The van der Waals surface area contributed by atoms with Gasteiger partial charge >= 0.3 is 0 Å². The maximum Gasteiger partial charge on any atom is 0.251 e. The van der Waals surface area contributed by atoms with Crippen molar-refractivity contribution in [1.82, 2.24) is 10.6 Å². The van der Waals surface area contributed by atoms with E-state index in [1.807, 2.05) is 39.8 Å². The minimum absolute atomic E-state index is 0.0105. The molecule has 0 saturated carbocycles. The summed E-state index contributed by atoms with van der Waals surface area (Å²) in [5, 5.41) is 5.68. The molecule has 0 bridgehead atoms. The number of nitrogens with one attached hydrogen (secondary N) is 2. The predicted octanol–water partition coefficient (Wildman–Crippen LogP) is 2.29. The lowest BCUT2D eigenvalue weighted by Crippen LogP contribution is -2.50. The Kier molecular flexibility index (Phi) is 8.33. The Morgan fingerprint density at radius 1 is 1.17 bits per heavy atom. The summed E-state index contributed by atoms with van der Waals surface area (Å²) in [6.07, 6.45) is 0.760. The fourth-order valence-corrected chi connectivity index (χ4v) is 2.10. The monoisotopic (exact) mass is 320 g/mol. The van der Waals surface area contributed by atoms with E-state index in [0.29, 0.717) is 25.3 Å². The molecule has 0 aliphatic heterocycles. The number of benzene rings is 1. The molecule has 0 saturated heterocycles. The van der Waals surface area contributed by atoms with Crippen molar-refractivity contribution in [3.63, 3.8) is 0 Å². The van der Waals surface area contributed by atoms with Gasteiger partial charge in [-0.15, -0.1) is 0 Å². The molecule has 1 aromatic carbocycles. The summed E-state index contributed by atoms with van der Waals surface area (Å²) in [5.41, 5.74) is 1.65. The normalized spacial score (nSPS) is 12.0. The Labute approximate surface area is 138 Å². The van der Waals surface area contributed by atoms with Gasteiger partial charge in [0.2, 0.25) is 5.91 Å².